The van der Waals surface area contributed by atoms with Crippen molar-refractivity contribution in [3.05, 3.63) is 29.3 Å². The predicted octanol–water partition coefficient (Wildman–Crippen LogP) is 2.84. The summed E-state index contributed by atoms with van der Waals surface area (Å²) in [5.74, 6) is 0.785. The maximum Gasteiger partial charge on any atom is 0.251 e. The first-order chi connectivity index (χ1) is 8.15. The van der Waals surface area contributed by atoms with Crippen LogP contribution < -0.4 is 5.32 Å². The van der Waals surface area contributed by atoms with Crippen LogP contribution in [0.15, 0.2) is 18.2 Å². The topological polar surface area (TPSA) is 49.3 Å². The van der Waals surface area contributed by atoms with E-state index < -0.39 is 0 Å². The van der Waals surface area contributed by atoms with Gasteiger partial charge in [-0.05, 0) is 43.5 Å². The van der Waals surface area contributed by atoms with Gasteiger partial charge in [0.2, 0.25) is 0 Å². The fourth-order valence-corrected chi connectivity index (χ4v) is 1.69. The number of hydrogen-bond donors (Lipinski definition) is 2. The second-order valence-corrected chi connectivity index (χ2v) is 4.38. The lowest BCUT2D eigenvalue weighted by Gasteiger charge is -2.06. The third kappa shape index (κ3) is 4.65. The molecule has 0 bridgehead atoms. The number of aromatic hydroxyl groups is 1. The normalized spacial score (nSPS) is 10.2. The van der Waals surface area contributed by atoms with Gasteiger partial charge >= 0.3 is 0 Å². The Bertz CT molecular complexity index is 380. The van der Waals surface area contributed by atoms with E-state index in [9.17, 15) is 9.90 Å². The molecule has 1 rings (SSSR count). The van der Waals surface area contributed by atoms with Gasteiger partial charge in [-0.25, -0.2) is 0 Å². The van der Waals surface area contributed by atoms with Crippen molar-refractivity contribution >= 4 is 17.5 Å². The lowest BCUT2D eigenvalue weighted by atomic mass is 10.1. The summed E-state index contributed by atoms with van der Waals surface area (Å²) in [5, 5.41) is 12.2. The van der Waals surface area contributed by atoms with Crippen LogP contribution in [-0.4, -0.2) is 23.4 Å². The predicted molar refractivity (Wildman–Crippen MR) is 69.7 cm³/mol. The van der Waals surface area contributed by atoms with E-state index in [1.54, 1.807) is 19.1 Å². The number of aryl methyl sites for hydroxylation is 1. The maximum absolute atomic E-state index is 11.7. The van der Waals surface area contributed by atoms with Gasteiger partial charge in [0.25, 0.3) is 5.91 Å². The highest BCUT2D eigenvalue weighted by molar-refractivity contribution is 6.17. The number of carbonyl (C=O) groups excluding carboxylic acids is 1. The number of unbranched alkanes of at least 4 members (excludes halogenated alkanes) is 2. The first-order valence-corrected chi connectivity index (χ1v) is 6.32. The molecule has 0 aliphatic carbocycles. The lowest BCUT2D eigenvalue weighted by molar-refractivity contribution is 0.0953. The molecule has 0 fully saturated rings. The van der Waals surface area contributed by atoms with E-state index in [2.05, 4.69) is 5.32 Å². The Kier molecular flexibility index (Phi) is 5.84. The van der Waals surface area contributed by atoms with E-state index in [4.69, 9.17) is 11.6 Å². The number of nitrogens with one attached hydrogen (secondary N) is 1. The molecule has 0 radical (unpaired) electrons. The summed E-state index contributed by atoms with van der Waals surface area (Å²) in [6.07, 6.45) is 2.95. The van der Waals surface area contributed by atoms with E-state index in [0.717, 1.165) is 19.3 Å². The standard InChI is InChI=1S/C13H18ClNO2/c1-10-9-11(5-6-12(10)16)13(17)15-8-4-2-3-7-14/h5-6,9,16H,2-4,7-8H2,1H3,(H,15,17). The Morgan fingerprint density at radius 3 is 2.76 bits per heavy atom. The van der Waals surface area contributed by atoms with E-state index in [0.29, 0.717) is 23.6 Å². The average molecular weight is 256 g/mol. The van der Waals surface area contributed by atoms with Gasteiger partial charge in [0.05, 0.1) is 0 Å². The smallest absolute Gasteiger partial charge is 0.251 e. The first kappa shape index (κ1) is 13.8. The van der Waals surface area contributed by atoms with E-state index in [-0.39, 0.29) is 11.7 Å². The van der Waals surface area contributed by atoms with Gasteiger partial charge in [-0.15, -0.1) is 11.6 Å². The Morgan fingerprint density at radius 2 is 2.12 bits per heavy atom. The molecule has 0 aliphatic heterocycles. The molecule has 0 saturated carbocycles. The van der Waals surface area contributed by atoms with Crippen LogP contribution in [0.1, 0.15) is 35.2 Å². The molecule has 0 aromatic heterocycles. The Labute approximate surface area is 107 Å². The molecule has 17 heavy (non-hydrogen) atoms. The number of amides is 1. The number of phenolic OH excluding ortho intramolecular Hbond substituents is 1. The number of hydrogen-bond acceptors (Lipinski definition) is 2. The molecular weight excluding hydrogens is 238 g/mol. The van der Waals surface area contributed by atoms with E-state index in [1.807, 2.05) is 0 Å². The number of carbonyl (C=O) groups is 1. The van der Waals surface area contributed by atoms with Crippen molar-refractivity contribution in [3.63, 3.8) is 0 Å². The maximum atomic E-state index is 11.7. The molecule has 0 saturated heterocycles. The van der Waals surface area contributed by atoms with Gasteiger partial charge in [0, 0.05) is 18.0 Å². The van der Waals surface area contributed by atoms with Crippen molar-refractivity contribution in [3.8, 4) is 5.75 Å². The minimum atomic E-state index is -0.0982. The molecule has 0 spiro atoms. The minimum Gasteiger partial charge on any atom is -0.508 e. The largest absolute Gasteiger partial charge is 0.508 e. The fourth-order valence-electron chi connectivity index (χ4n) is 1.50. The zero-order chi connectivity index (χ0) is 12.7. The third-order valence-corrected chi connectivity index (χ3v) is 2.82. The van der Waals surface area contributed by atoms with Crippen molar-refractivity contribution in [1.29, 1.82) is 0 Å². The highest BCUT2D eigenvalue weighted by Gasteiger charge is 2.06. The number of alkyl halides is 1. The van der Waals surface area contributed by atoms with Crippen LogP contribution in [0.5, 0.6) is 5.75 Å². The van der Waals surface area contributed by atoms with Gasteiger partial charge in [-0.1, -0.05) is 6.42 Å². The molecule has 0 aliphatic rings. The Balaban J connectivity index is 2.39. The van der Waals surface area contributed by atoms with Crippen LogP contribution >= 0.6 is 11.6 Å². The average Bonchev–Trinajstić information content (AvgIpc) is 2.32. The van der Waals surface area contributed by atoms with Gasteiger partial charge in [-0.3, -0.25) is 4.79 Å². The molecule has 1 aromatic rings. The van der Waals surface area contributed by atoms with Crippen molar-refractivity contribution in [2.24, 2.45) is 0 Å². The molecule has 4 heteroatoms. The van der Waals surface area contributed by atoms with Crippen molar-refractivity contribution < 1.29 is 9.90 Å². The first-order valence-electron chi connectivity index (χ1n) is 5.79. The molecule has 1 aromatic carbocycles. The molecule has 0 heterocycles. The van der Waals surface area contributed by atoms with Gasteiger partial charge in [0.15, 0.2) is 0 Å². The molecule has 3 nitrogen and oxygen atoms in total. The summed E-state index contributed by atoms with van der Waals surface area (Å²) in [7, 11) is 0. The number of benzene rings is 1. The molecule has 0 atom stereocenters. The van der Waals surface area contributed by atoms with E-state index in [1.165, 1.54) is 6.07 Å². The summed E-state index contributed by atoms with van der Waals surface area (Å²) in [6.45, 7) is 2.43. The van der Waals surface area contributed by atoms with Gasteiger partial charge < -0.3 is 10.4 Å². The van der Waals surface area contributed by atoms with Crippen LogP contribution in [0.3, 0.4) is 0 Å². The van der Waals surface area contributed by atoms with Crippen LogP contribution in [0, 0.1) is 6.92 Å². The number of rotatable bonds is 6. The summed E-state index contributed by atoms with van der Waals surface area (Å²) in [6, 6.07) is 4.84. The molecule has 2 N–H and O–H groups in total. The molecule has 94 valence electrons. The lowest BCUT2D eigenvalue weighted by Crippen LogP contribution is -2.24. The van der Waals surface area contributed by atoms with Crippen molar-refractivity contribution in [2.45, 2.75) is 26.2 Å². The number of halogens is 1. The monoisotopic (exact) mass is 255 g/mol. The molecule has 0 unspecified atom stereocenters. The van der Waals surface area contributed by atoms with Crippen molar-refractivity contribution in [1.82, 2.24) is 5.32 Å². The molecule has 1 amide bonds. The zero-order valence-electron chi connectivity index (χ0n) is 10.0. The van der Waals surface area contributed by atoms with Crippen molar-refractivity contribution in [2.75, 3.05) is 12.4 Å². The van der Waals surface area contributed by atoms with E-state index >= 15 is 0 Å². The summed E-state index contributed by atoms with van der Waals surface area (Å²) >= 11 is 5.56. The SMILES string of the molecule is Cc1cc(C(=O)NCCCCCCl)ccc1O. The van der Waals surface area contributed by atoms with Crippen LogP contribution in [0.25, 0.3) is 0 Å². The second kappa shape index (κ2) is 7.17. The van der Waals surface area contributed by atoms with Crippen LogP contribution in [0.4, 0.5) is 0 Å². The number of phenols is 1. The summed E-state index contributed by atoms with van der Waals surface area (Å²) in [5.41, 5.74) is 1.29. The summed E-state index contributed by atoms with van der Waals surface area (Å²) < 4.78 is 0. The summed E-state index contributed by atoms with van der Waals surface area (Å²) in [4.78, 5) is 11.7. The third-order valence-electron chi connectivity index (χ3n) is 2.55. The Hall–Kier alpha value is -1.22. The highest BCUT2D eigenvalue weighted by Crippen LogP contribution is 2.16. The highest BCUT2D eigenvalue weighted by atomic mass is 35.5. The van der Waals surface area contributed by atoms with Crippen LogP contribution in [0.2, 0.25) is 0 Å². The van der Waals surface area contributed by atoms with Gasteiger partial charge in [0.1, 0.15) is 5.75 Å². The van der Waals surface area contributed by atoms with Crippen LogP contribution in [-0.2, 0) is 0 Å². The quantitative estimate of drug-likeness (QED) is 0.607. The second-order valence-electron chi connectivity index (χ2n) is 4.01. The Morgan fingerprint density at radius 1 is 1.35 bits per heavy atom. The molecular formula is C13H18ClNO2. The zero-order valence-corrected chi connectivity index (χ0v) is 10.8. The minimum absolute atomic E-state index is 0.0982. The van der Waals surface area contributed by atoms with Gasteiger partial charge in [-0.2, -0.15) is 0 Å². The fraction of sp³-hybridized carbons (Fsp3) is 0.462.